The van der Waals surface area contributed by atoms with Gasteiger partial charge in [0.25, 0.3) is 10.0 Å². The van der Waals surface area contributed by atoms with Gasteiger partial charge in [-0.2, -0.15) is 0 Å². The highest BCUT2D eigenvalue weighted by molar-refractivity contribution is 7.92. The standard InChI is InChI=1S/C15H15Cl2NO4S/c1-9-6-13(21-2)14(22-3)8-12(9)18-23(19,20)15-7-10(16)4-5-11(15)17/h4-8,18H,1-3H3. The van der Waals surface area contributed by atoms with E-state index >= 15 is 0 Å². The lowest BCUT2D eigenvalue weighted by atomic mass is 10.2. The van der Waals surface area contributed by atoms with E-state index in [0.717, 1.165) is 0 Å². The fraction of sp³-hybridized carbons (Fsp3) is 0.200. The summed E-state index contributed by atoms with van der Waals surface area (Å²) in [6, 6.07) is 7.47. The highest BCUT2D eigenvalue weighted by Crippen LogP contribution is 2.34. The Kier molecular flexibility index (Phi) is 5.29. The number of nitrogens with one attached hydrogen (secondary N) is 1. The summed E-state index contributed by atoms with van der Waals surface area (Å²) in [5, 5.41) is 0.360. The first-order chi connectivity index (χ1) is 10.8. The average molecular weight is 376 g/mol. The van der Waals surface area contributed by atoms with Crippen LogP contribution in [0, 0.1) is 6.92 Å². The number of halogens is 2. The average Bonchev–Trinajstić information content (AvgIpc) is 2.50. The maximum Gasteiger partial charge on any atom is 0.263 e. The van der Waals surface area contributed by atoms with E-state index in [9.17, 15) is 8.42 Å². The third-order valence-electron chi connectivity index (χ3n) is 3.16. The second-order valence-electron chi connectivity index (χ2n) is 4.70. The van der Waals surface area contributed by atoms with Crippen LogP contribution in [0.3, 0.4) is 0 Å². The number of anilines is 1. The van der Waals surface area contributed by atoms with Gasteiger partial charge >= 0.3 is 0 Å². The number of hydrogen-bond donors (Lipinski definition) is 1. The summed E-state index contributed by atoms with van der Waals surface area (Å²) in [5.74, 6) is 0.918. The molecule has 0 radical (unpaired) electrons. The molecule has 2 rings (SSSR count). The van der Waals surface area contributed by atoms with Crippen molar-refractivity contribution in [1.29, 1.82) is 0 Å². The SMILES string of the molecule is COc1cc(C)c(NS(=O)(=O)c2cc(Cl)ccc2Cl)cc1OC. The maximum absolute atomic E-state index is 12.6. The Labute approximate surface area is 145 Å². The van der Waals surface area contributed by atoms with Crippen LogP contribution in [0.4, 0.5) is 5.69 Å². The molecule has 0 unspecified atom stereocenters. The molecule has 0 saturated carbocycles. The van der Waals surface area contributed by atoms with Crippen molar-refractivity contribution >= 4 is 38.9 Å². The van der Waals surface area contributed by atoms with E-state index in [1.807, 2.05) is 0 Å². The van der Waals surface area contributed by atoms with Crippen molar-refractivity contribution < 1.29 is 17.9 Å². The molecule has 124 valence electrons. The van der Waals surface area contributed by atoms with Gasteiger partial charge in [0.1, 0.15) is 4.90 Å². The van der Waals surface area contributed by atoms with Crippen molar-refractivity contribution in [2.24, 2.45) is 0 Å². The lowest BCUT2D eigenvalue weighted by molar-refractivity contribution is 0.355. The topological polar surface area (TPSA) is 64.6 Å². The lowest BCUT2D eigenvalue weighted by Crippen LogP contribution is -2.14. The van der Waals surface area contributed by atoms with E-state index in [4.69, 9.17) is 32.7 Å². The number of ether oxygens (including phenoxy) is 2. The van der Waals surface area contributed by atoms with Crippen LogP contribution in [0.1, 0.15) is 5.56 Å². The lowest BCUT2D eigenvalue weighted by Gasteiger charge is -2.15. The molecule has 0 aliphatic rings. The maximum atomic E-state index is 12.6. The van der Waals surface area contributed by atoms with Crippen LogP contribution in [0.25, 0.3) is 0 Å². The third-order valence-corrected chi connectivity index (χ3v) is 5.24. The molecule has 0 fully saturated rings. The molecule has 5 nitrogen and oxygen atoms in total. The van der Waals surface area contributed by atoms with Crippen LogP contribution in [0.5, 0.6) is 11.5 Å². The van der Waals surface area contributed by atoms with Gasteiger partial charge in [-0.3, -0.25) is 4.72 Å². The molecule has 0 atom stereocenters. The first kappa shape index (κ1) is 17.7. The number of hydrogen-bond acceptors (Lipinski definition) is 4. The number of aryl methyl sites for hydroxylation is 1. The fourth-order valence-corrected chi connectivity index (χ4v) is 3.86. The molecule has 0 bridgehead atoms. The van der Waals surface area contributed by atoms with Crippen LogP contribution >= 0.6 is 23.2 Å². The summed E-state index contributed by atoms with van der Waals surface area (Å²) in [6.07, 6.45) is 0. The Hall–Kier alpha value is -1.63. The van der Waals surface area contributed by atoms with Gasteiger partial charge in [0.15, 0.2) is 11.5 Å². The zero-order valence-corrected chi connectivity index (χ0v) is 15.0. The first-order valence-electron chi connectivity index (χ1n) is 6.49. The van der Waals surface area contributed by atoms with Gasteiger partial charge in [-0.05, 0) is 36.8 Å². The summed E-state index contributed by atoms with van der Waals surface area (Å²) in [6.45, 7) is 1.75. The predicted molar refractivity (Wildman–Crippen MR) is 91.6 cm³/mol. The quantitative estimate of drug-likeness (QED) is 0.853. The number of rotatable bonds is 5. The van der Waals surface area contributed by atoms with E-state index in [-0.39, 0.29) is 14.9 Å². The van der Waals surface area contributed by atoms with Crippen LogP contribution in [-0.4, -0.2) is 22.6 Å². The molecule has 23 heavy (non-hydrogen) atoms. The van der Waals surface area contributed by atoms with Gasteiger partial charge in [-0.25, -0.2) is 8.42 Å². The summed E-state index contributed by atoms with van der Waals surface area (Å²) < 4.78 is 38.0. The molecule has 2 aromatic rings. The Morgan fingerprint density at radius 2 is 1.61 bits per heavy atom. The van der Waals surface area contributed by atoms with Crippen LogP contribution < -0.4 is 14.2 Å². The second-order valence-corrected chi connectivity index (χ2v) is 7.20. The van der Waals surface area contributed by atoms with Crippen molar-refractivity contribution in [2.45, 2.75) is 11.8 Å². The zero-order valence-electron chi connectivity index (χ0n) is 12.7. The van der Waals surface area contributed by atoms with E-state index in [1.165, 1.54) is 32.4 Å². The molecule has 0 aromatic heterocycles. The van der Waals surface area contributed by atoms with Crippen LogP contribution in [-0.2, 0) is 10.0 Å². The molecule has 0 spiro atoms. The van der Waals surface area contributed by atoms with Gasteiger partial charge in [0.2, 0.25) is 0 Å². The summed E-state index contributed by atoms with van der Waals surface area (Å²) in [5.41, 5.74) is 1.03. The Morgan fingerprint density at radius 1 is 1.00 bits per heavy atom. The van der Waals surface area contributed by atoms with Crippen molar-refractivity contribution in [2.75, 3.05) is 18.9 Å². The molecule has 8 heteroatoms. The van der Waals surface area contributed by atoms with Crippen molar-refractivity contribution in [3.63, 3.8) is 0 Å². The van der Waals surface area contributed by atoms with Gasteiger partial charge < -0.3 is 9.47 Å². The first-order valence-corrected chi connectivity index (χ1v) is 8.73. The molecule has 0 aliphatic carbocycles. The summed E-state index contributed by atoms with van der Waals surface area (Å²) >= 11 is 11.8. The number of methoxy groups -OCH3 is 2. The molecule has 0 amide bonds. The fourth-order valence-electron chi connectivity index (χ4n) is 1.97. The highest BCUT2D eigenvalue weighted by Gasteiger charge is 2.20. The van der Waals surface area contributed by atoms with E-state index in [2.05, 4.69) is 4.72 Å². The normalized spacial score (nSPS) is 11.2. The summed E-state index contributed by atoms with van der Waals surface area (Å²) in [4.78, 5) is -0.0964. The van der Waals surface area contributed by atoms with E-state index in [1.54, 1.807) is 19.1 Å². The van der Waals surface area contributed by atoms with E-state index in [0.29, 0.717) is 22.7 Å². The van der Waals surface area contributed by atoms with Crippen molar-refractivity contribution in [3.8, 4) is 11.5 Å². The van der Waals surface area contributed by atoms with Gasteiger partial charge in [-0.15, -0.1) is 0 Å². The molecular weight excluding hydrogens is 361 g/mol. The minimum absolute atomic E-state index is 0.0834. The Morgan fingerprint density at radius 3 is 2.22 bits per heavy atom. The van der Waals surface area contributed by atoms with Crippen molar-refractivity contribution in [1.82, 2.24) is 0 Å². The van der Waals surface area contributed by atoms with Crippen LogP contribution in [0.2, 0.25) is 10.0 Å². The predicted octanol–water partition coefficient (Wildman–Crippen LogP) is 4.12. The summed E-state index contributed by atoms with van der Waals surface area (Å²) in [7, 11) is -0.918. The molecular formula is C15H15Cl2NO4S. The molecule has 0 heterocycles. The van der Waals surface area contributed by atoms with E-state index < -0.39 is 10.0 Å². The second kappa shape index (κ2) is 6.86. The van der Waals surface area contributed by atoms with Gasteiger partial charge in [0, 0.05) is 11.1 Å². The third kappa shape index (κ3) is 3.83. The number of benzene rings is 2. The molecule has 0 aliphatic heterocycles. The monoisotopic (exact) mass is 375 g/mol. The molecule has 0 saturated heterocycles. The van der Waals surface area contributed by atoms with Gasteiger partial charge in [-0.1, -0.05) is 23.2 Å². The van der Waals surface area contributed by atoms with Crippen molar-refractivity contribution in [3.05, 3.63) is 45.9 Å². The zero-order chi connectivity index (χ0) is 17.2. The highest BCUT2D eigenvalue weighted by atomic mass is 35.5. The van der Waals surface area contributed by atoms with Crippen LogP contribution in [0.15, 0.2) is 35.2 Å². The Balaban J connectivity index is 2.47. The molecule has 1 N–H and O–H groups in total. The smallest absolute Gasteiger partial charge is 0.263 e. The number of sulfonamides is 1. The minimum atomic E-state index is -3.90. The largest absolute Gasteiger partial charge is 0.493 e. The minimum Gasteiger partial charge on any atom is -0.493 e. The molecule has 2 aromatic carbocycles. The Bertz CT molecular complexity index is 838. The van der Waals surface area contributed by atoms with Gasteiger partial charge in [0.05, 0.1) is 24.9 Å².